The van der Waals surface area contributed by atoms with Gasteiger partial charge in [0.1, 0.15) is 0 Å². The van der Waals surface area contributed by atoms with Crippen LogP contribution in [0.25, 0.3) is 5.69 Å². The van der Waals surface area contributed by atoms with Crippen molar-refractivity contribution in [1.29, 1.82) is 0 Å². The van der Waals surface area contributed by atoms with Gasteiger partial charge in [-0.3, -0.25) is 9.00 Å². The smallest absolute Gasteiger partial charge is 0.338 e. The molecule has 3 rings (SSSR count). The van der Waals surface area contributed by atoms with Crippen LogP contribution in [0.5, 0.6) is 0 Å². The van der Waals surface area contributed by atoms with E-state index in [-0.39, 0.29) is 16.9 Å². The van der Waals surface area contributed by atoms with E-state index in [4.69, 9.17) is 5.11 Å². The highest BCUT2D eigenvalue weighted by atomic mass is 32.2. The van der Waals surface area contributed by atoms with Crippen LogP contribution in [0, 0.1) is 6.92 Å². The van der Waals surface area contributed by atoms with Crippen molar-refractivity contribution in [2.45, 2.75) is 38.0 Å². The highest BCUT2D eigenvalue weighted by molar-refractivity contribution is 7.84. The lowest BCUT2D eigenvalue weighted by Crippen LogP contribution is -2.17. The molecule has 0 spiro atoms. The maximum Gasteiger partial charge on any atom is 0.338 e. The molecule has 0 saturated heterocycles. The standard InChI is InChI=1S/C23H25N3O4S/c1-14-6-7-15(10-19(14)26-13-16(12-24-26)22(28)29)21(27)25-18-11-17(23(2,3)4)8-9-20(18)31(5)30/h6-13H,1-5H3,(H,25,27)(H,28,29)/t31-/m0/s1. The molecule has 0 bridgehead atoms. The summed E-state index contributed by atoms with van der Waals surface area (Å²) in [6.45, 7) is 8.05. The van der Waals surface area contributed by atoms with Crippen LogP contribution in [-0.4, -0.2) is 37.2 Å². The van der Waals surface area contributed by atoms with E-state index in [1.807, 2.05) is 19.1 Å². The van der Waals surface area contributed by atoms with Gasteiger partial charge >= 0.3 is 5.97 Å². The molecule has 0 saturated carbocycles. The number of carboxylic acids is 1. The number of hydrogen-bond acceptors (Lipinski definition) is 4. The molecular formula is C23H25N3O4S. The van der Waals surface area contributed by atoms with Crippen molar-refractivity contribution >= 4 is 28.4 Å². The summed E-state index contributed by atoms with van der Waals surface area (Å²) in [5.74, 6) is -1.43. The Kier molecular flexibility index (Phi) is 6.13. The van der Waals surface area contributed by atoms with Crippen LogP contribution in [0.3, 0.4) is 0 Å². The summed E-state index contributed by atoms with van der Waals surface area (Å²) in [6, 6.07) is 10.7. The number of nitrogens with zero attached hydrogens (tertiary/aromatic N) is 2. The molecule has 1 atom stereocenters. The van der Waals surface area contributed by atoms with Gasteiger partial charge in [-0.1, -0.05) is 32.9 Å². The lowest BCUT2D eigenvalue weighted by Gasteiger charge is -2.21. The molecule has 2 N–H and O–H groups in total. The van der Waals surface area contributed by atoms with Crippen LogP contribution in [0.15, 0.2) is 53.7 Å². The number of hydrogen-bond donors (Lipinski definition) is 2. The molecular weight excluding hydrogens is 414 g/mol. The number of carboxylic acid groups (broad SMARTS) is 1. The molecule has 162 valence electrons. The summed E-state index contributed by atoms with van der Waals surface area (Å²) in [5, 5.41) is 16.1. The zero-order valence-electron chi connectivity index (χ0n) is 18.1. The molecule has 2 aromatic carbocycles. The summed E-state index contributed by atoms with van der Waals surface area (Å²) >= 11 is 0. The second kappa shape index (κ2) is 8.47. The van der Waals surface area contributed by atoms with Gasteiger partial charge in [-0.15, -0.1) is 0 Å². The van der Waals surface area contributed by atoms with Crippen molar-refractivity contribution in [3.05, 3.63) is 71.0 Å². The Hall–Kier alpha value is -3.26. The fraction of sp³-hybridized carbons (Fsp3) is 0.261. The highest BCUT2D eigenvalue weighted by Crippen LogP contribution is 2.29. The first-order valence-electron chi connectivity index (χ1n) is 9.65. The van der Waals surface area contributed by atoms with Gasteiger partial charge in [-0.05, 0) is 47.7 Å². The molecule has 1 amide bonds. The van der Waals surface area contributed by atoms with Crippen molar-refractivity contribution in [1.82, 2.24) is 9.78 Å². The fourth-order valence-electron chi connectivity index (χ4n) is 3.10. The van der Waals surface area contributed by atoms with Gasteiger partial charge in [0, 0.05) is 18.0 Å². The molecule has 0 aliphatic carbocycles. The van der Waals surface area contributed by atoms with E-state index >= 15 is 0 Å². The number of rotatable bonds is 5. The third kappa shape index (κ3) is 4.91. The molecule has 7 nitrogen and oxygen atoms in total. The van der Waals surface area contributed by atoms with E-state index in [1.165, 1.54) is 17.1 Å². The van der Waals surface area contributed by atoms with Crippen molar-refractivity contribution in [3.63, 3.8) is 0 Å². The van der Waals surface area contributed by atoms with E-state index in [1.54, 1.807) is 30.5 Å². The highest BCUT2D eigenvalue weighted by Gasteiger charge is 2.19. The van der Waals surface area contributed by atoms with Crippen molar-refractivity contribution in [2.75, 3.05) is 11.6 Å². The maximum absolute atomic E-state index is 13.0. The van der Waals surface area contributed by atoms with Crippen LogP contribution in [-0.2, 0) is 16.2 Å². The molecule has 0 aliphatic rings. The molecule has 0 fully saturated rings. The zero-order valence-corrected chi connectivity index (χ0v) is 18.9. The van der Waals surface area contributed by atoms with Gasteiger partial charge in [0.25, 0.3) is 5.91 Å². The van der Waals surface area contributed by atoms with Crippen molar-refractivity contribution in [2.24, 2.45) is 0 Å². The first kappa shape index (κ1) is 22.4. The van der Waals surface area contributed by atoms with Crippen LogP contribution in [0.2, 0.25) is 0 Å². The lowest BCUT2D eigenvalue weighted by molar-refractivity contribution is 0.0696. The summed E-state index contributed by atoms with van der Waals surface area (Å²) in [6.07, 6.45) is 4.23. The number of aromatic carboxylic acids is 1. The quantitative estimate of drug-likeness (QED) is 0.621. The summed E-state index contributed by atoms with van der Waals surface area (Å²) in [7, 11) is -1.27. The number of amides is 1. The van der Waals surface area contributed by atoms with Crippen LogP contribution < -0.4 is 5.32 Å². The van der Waals surface area contributed by atoms with Gasteiger partial charge in [0.2, 0.25) is 0 Å². The zero-order chi connectivity index (χ0) is 22.9. The number of carbonyl (C=O) groups excluding carboxylic acids is 1. The van der Waals surface area contributed by atoms with Gasteiger partial charge < -0.3 is 10.4 Å². The summed E-state index contributed by atoms with van der Waals surface area (Å²) < 4.78 is 13.6. The van der Waals surface area contributed by atoms with Gasteiger partial charge in [-0.25, -0.2) is 9.48 Å². The normalized spacial score (nSPS) is 12.4. The number of benzene rings is 2. The minimum atomic E-state index is -1.27. The average molecular weight is 440 g/mol. The van der Waals surface area contributed by atoms with E-state index in [9.17, 15) is 13.8 Å². The van der Waals surface area contributed by atoms with Gasteiger partial charge in [0.15, 0.2) is 0 Å². The second-order valence-corrected chi connectivity index (χ2v) is 9.70. The number of nitrogens with one attached hydrogen (secondary N) is 1. The largest absolute Gasteiger partial charge is 0.478 e. The number of carbonyl (C=O) groups is 2. The summed E-state index contributed by atoms with van der Waals surface area (Å²) in [4.78, 5) is 24.7. The first-order chi connectivity index (χ1) is 14.5. The minimum absolute atomic E-state index is 0.0586. The monoisotopic (exact) mass is 439 g/mol. The molecule has 3 aromatic rings. The maximum atomic E-state index is 13.0. The third-order valence-electron chi connectivity index (χ3n) is 4.95. The Morgan fingerprint density at radius 1 is 1.10 bits per heavy atom. The van der Waals surface area contributed by atoms with Crippen molar-refractivity contribution in [3.8, 4) is 5.69 Å². The fourth-order valence-corrected chi connectivity index (χ4v) is 3.78. The van der Waals surface area contributed by atoms with E-state index < -0.39 is 16.8 Å². The molecule has 0 radical (unpaired) electrons. The number of aryl methyl sites for hydroxylation is 1. The molecule has 0 unspecified atom stereocenters. The Bertz CT molecular complexity index is 1190. The first-order valence-corrected chi connectivity index (χ1v) is 11.2. The predicted octanol–water partition coefficient (Wildman–Crippen LogP) is 4.17. The van der Waals surface area contributed by atoms with E-state index in [0.29, 0.717) is 21.8 Å². The minimum Gasteiger partial charge on any atom is -0.478 e. The predicted molar refractivity (Wildman–Crippen MR) is 121 cm³/mol. The van der Waals surface area contributed by atoms with Crippen LogP contribution in [0.1, 0.15) is 52.6 Å². The van der Waals surface area contributed by atoms with Crippen LogP contribution >= 0.6 is 0 Å². The molecule has 8 heteroatoms. The van der Waals surface area contributed by atoms with E-state index in [0.717, 1.165) is 11.1 Å². The number of aromatic nitrogens is 2. The number of anilines is 1. The topological polar surface area (TPSA) is 101 Å². The van der Waals surface area contributed by atoms with E-state index in [2.05, 4.69) is 31.2 Å². The van der Waals surface area contributed by atoms with Crippen LogP contribution in [0.4, 0.5) is 5.69 Å². The third-order valence-corrected chi connectivity index (χ3v) is 5.93. The molecule has 1 aromatic heterocycles. The average Bonchev–Trinajstić information content (AvgIpc) is 3.17. The lowest BCUT2D eigenvalue weighted by atomic mass is 9.87. The summed E-state index contributed by atoms with van der Waals surface area (Å²) in [5.41, 5.74) is 3.26. The second-order valence-electron chi connectivity index (χ2n) is 8.35. The molecule has 1 heterocycles. The SMILES string of the molecule is Cc1ccc(C(=O)Nc2cc(C(C)(C)C)ccc2[S@](C)=O)cc1-n1cc(C(=O)O)cn1. The molecule has 0 aliphatic heterocycles. The Morgan fingerprint density at radius 2 is 1.81 bits per heavy atom. The van der Waals surface area contributed by atoms with Gasteiger partial charge in [0.05, 0.1) is 38.8 Å². The Morgan fingerprint density at radius 3 is 2.39 bits per heavy atom. The van der Waals surface area contributed by atoms with Crippen molar-refractivity contribution < 1.29 is 18.9 Å². The Balaban J connectivity index is 1.97. The molecule has 31 heavy (non-hydrogen) atoms. The Labute approximate surface area is 183 Å². The van der Waals surface area contributed by atoms with Gasteiger partial charge in [-0.2, -0.15) is 5.10 Å².